The van der Waals surface area contributed by atoms with Gasteiger partial charge in [0.1, 0.15) is 5.75 Å². The maximum atomic E-state index is 12.2. The molecule has 1 amide bonds. The van der Waals surface area contributed by atoms with Crippen molar-refractivity contribution in [3.05, 3.63) is 42.2 Å². The van der Waals surface area contributed by atoms with E-state index in [1.165, 1.54) is 0 Å². The molecule has 0 N–H and O–H groups in total. The molecule has 1 unspecified atom stereocenters. The minimum Gasteiger partial charge on any atom is -0.497 e. The van der Waals surface area contributed by atoms with Crippen molar-refractivity contribution in [3.63, 3.8) is 0 Å². The highest BCUT2D eigenvalue weighted by molar-refractivity contribution is 5.76. The van der Waals surface area contributed by atoms with Crippen LogP contribution >= 0.6 is 0 Å². The van der Waals surface area contributed by atoms with Crippen LogP contribution in [0.5, 0.6) is 5.75 Å². The van der Waals surface area contributed by atoms with Crippen LogP contribution in [0.25, 0.3) is 11.4 Å². The number of nitrogens with zero attached hydrogens (tertiary/aromatic N) is 3. The van der Waals surface area contributed by atoms with E-state index in [4.69, 9.17) is 9.72 Å². The lowest BCUT2D eigenvalue weighted by molar-refractivity contribution is -0.132. The third kappa shape index (κ3) is 4.16. The molecule has 1 saturated heterocycles. The number of hydrogen-bond acceptors (Lipinski definition) is 4. The van der Waals surface area contributed by atoms with Crippen molar-refractivity contribution >= 4 is 5.91 Å². The van der Waals surface area contributed by atoms with Crippen molar-refractivity contribution in [1.29, 1.82) is 0 Å². The van der Waals surface area contributed by atoms with Crippen LogP contribution in [-0.4, -0.2) is 41.0 Å². The van der Waals surface area contributed by atoms with Gasteiger partial charge in [-0.1, -0.05) is 6.92 Å². The smallest absolute Gasteiger partial charge is 0.222 e. The molecule has 1 aliphatic heterocycles. The summed E-state index contributed by atoms with van der Waals surface area (Å²) in [5.74, 6) is 2.08. The zero-order chi connectivity index (χ0) is 17.6. The fourth-order valence-electron chi connectivity index (χ4n) is 3.30. The molecular weight excluding hydrogens is 314 g/mol. The molecule has 1 aromatic heterocycles. The van der Waals surface area contributed by atoms with Gasteiger partial charge in [-0.25, -0.2) is 9.97 Å². The summed E-state index contributed by atoms with van der Waals surface area (Å²) >= 11 is 0. The van der Waals surface area contributed by atoms with Crippen molar-refractivity contribution < 1.29 is 9.53 Å². The van der Waals surface area contributed by atoms with Crippen LogP contribution in [0.1, 0.15) is 44.2 Å². The fraction of sp³-hybridized carbons (Fsp3) is 0.450. The van der Waals surface area contributed by atoms with E-state index < -0.39 is 0 Å². The molecule has 2 aromatic rings. The highest BCUT2D eigenvalue weighted by Gasteiger charge is 2.25. The molecule has 0 saturated carbocycles. The van der Waals surface area contributed by atoms with Gasteiger partial charge in [0.15, 0.2) is 5.82 Å². The molecule has 0 radical (unpaired) electrons. The number of hydrogen-bond donors (Lipinski definition) is 0. The second-order valence-corrected chi connectivity index (χ2v) is 6.46. The van der Waals surface area contributed by atoms with E-state index in [1.54, 1.807) is 7.11 Å². The van der Waals surface area contributed by atoms with Crippen molar-refractivity contribution in [2.75, 3.05) is 20.2 Å². The summed E-state index contributed by atoms with van der Waals surface area (Å²) < 4.78 is 5.20. The normalized spacial score (nSPS) is 17.4. The highest BCUT2D eigenvalue weighted by Crippen LogP contribution is 2.27. The molecule has 3 rings (SSSR count). The number of carbonyl (C=O) groups excluding carboxylic acids is 1. The van der Waals surface area contributed by atoms with Gasteiger partial charge in [-0.2, -0.15) is 0 Å². The lowest BCUT2D eigenvalue weighted by Gasteiger charge is -2.32. The predicted octanol–water partition coefficient (Wildman–Crippen LogP) is 3.66. The van der Waals surface area contributed by atoms with Crippen LogP contribution in [0.3, 0.4) is 0 Å². The molecule has 132 valence electrons. The molecule has 5 nitrogen and oxygen atoms in total. The summed E-state index contributed by atoms with van der Waals surface area (Å²) in [4.78, 5) is 23.4. The standard InChI is InChI=1S/C20H25N3O2/c1-3-5-19(24)23-13-4-6-16(14-23)18-11-12-21-20(22-18)15-7-9-17(25-2)10-8-15/h7-12,16H,3-6,13-14H2,1-2H3. The average molecular weight is 339 g/mol. The van der Waals surface area contributed by atoms with E-state index >= 15 is 0 Å². The van der Waals surface area contributed by atoms with Crippen LogP contribution in [-0.2, 0) is 4.79 Å². The number of piperidine rings is 1. The van der Waals surface area contributed by atoms with E-state index in [0.717, 1.165) is 55.2 Å². The number of ether oxygens (including phenoxy) is 1. The lowest BCUT2D eigenvalue weighted by atomic mass is 9.94. The molecule has 0 spiro atoms. The Balaban J connectivity index is 1.77. The molecule has 1 fully saturated rings. The van der Waals surface area contributed by atoms with Crippen LogP contribution in [0, 0.1) is 0 Å². The summed E-state index contributed by atoms with van der Waals surface area (Å²) in [7, 11) is 1.65. The number of likely N-dealkylation sites (tertiary alicyclic amines) is 1. The first kappa shape index (κ1) is 17.4. The number of amides is 1. The maximum absolute atomic E-state index is 12.2. The Hall–Kier alpha value is -2.43. The van der Waals surface area contributed by atoms with Gasteiger partial charge < -0.3 is 9.64 Å². The van der Waals surface area contributed by atoms with Gasteiger partial charge in [-0.05, 0) is 49.6 Å². The highest BCUT2D eigenvalue weighted by atomic mass is 16.5. The molecule has 5 heteroatoms. The first-order valence-electron chi connectivity index (χ1n) is 8.96. The Morgan fingerprint density at radius 3 is 2.80 bits per heavy atom. The maximum Gasteiger partial charge on any atom is 0.222 e. The van der Waals surface area contributed by atoms with Gasteiger partial charge in [0.2, 0.25) is 5.91 Å². The van der Waals surface area contributed by atoms with Gasteiger partial charge in [-0.3, -0.25) is 4.79 Å². The van der Waals surface area contributed by atoms with E-state index in [-0.39, 0.29) is 11.8 Å². The molecule has 1 aromatic carbocycles. The van der Waals surface area contributed by atoms with Crippen LogP contribution in [0.15, 0.2) is 36.5 Å². The molecular formula is C20H25N3O2. The Morgan fingerprint density at radius 2 is 2.08 bits per heavy atom. The zero-order valence-corrected chi connectivity index (χ0v) is 14.9. The third-order valence-corrected chi connectivity index (χ3v) is 4.68. The number of carbonyl (C=O) groups is 1. The third-order valence-electron chi connectivity index (χ3n) is 4.68. The van der Waals surface area contributed by atoms with Crippen molar-refractivity contribution in [1.82, 2.24) is 14.9 Å². The number of benzene rings is 1. The van der Waals surface area contributed by atoms with Gasteiger partial charge in [0, 0.05) is 42.9 Å². The van der Waals surface area contributed by atoms with Gasteiger partial charge in [0.25, 0.3) is 0 Å². The lowest BCUT2D eigenvalue weighted by Crippen LogP contribution is -2.39. The monoisotopic (exact) mass is 339 g/mol. The minimum atomic E-state index is 0.261. The van der Waals surface area contributed by atoms with Crippen LogP contribution < -0.4 is 4.74 Å². The first-order valence-corrected chi connectivity index (χ1v) is 8.96. The van der Waals surface area contributed by atoms with Crippen LogP contribution in [0.4, 0.5) is 0 Å². The van der Waals surface area contributed by atoms with E-state index in [2.05, 4.69) is 4.98 Å². The number of methoxy groups -OCH3 is 1. The molecule has 0 aliphatic carbocycles. The SMILES string of the molecule is CCCC(=O)N1CCCC(c2ccnc(-c3ccc(OC)cc3)n2)C1. The second kappa shape index (κ2) is 8.10. The Kier molecular flexibility index (Phi) is 5.64. The second-order valence-electron chi connectivity index (χ2n) is 6.46. The Bertz CT molecular complexity index is 715. The van der Waals surface area contributed by atoms with Crippen molar-refractivity contribution in [2.45, 2.75) is 38.5 Å². The molecule has 25 heavy (non-hydrogen) atoms. The number of rotatable bonds is 5. The molecule has 0 bridgehead atoms. The predicted molar refractivity (Wildman–Crippen MR) is 97.5 cm³/mol. The Morgan fingerprint density at radius 1 is 1.28 bits per heavy atom. The average Bonchev–Trinajstić information content (AvgIpc) is 2.68. The van der Waals surface area contributed by atoms with Gasteiger partial charge in [-0.15, -0.1) is 0 Å². The first-order chi connectivity index (χ1) is 12.2. The van der Waals surface area contributed by atoms with Crippen LogP contribution in [0.2, 0.25) is 0 Å². The summed E-state index contributed by atoms with van der Waals surface area (Å²) in [5.41, 5.74) is 1.99. The largest absolute Gasteiger partial charge is 0.497 e. The minimum absolute atomic E-state index is 0.261. The van der Waals surface area contributed by atoms with E-state index in [0.29, 0.717) is 6.42 Å². The van der Waals surface area contributed by atoms with Crippen molar-refractivity contribution in [2.24, 2.45) is 0 Å². The van der Waals surface area contributed by atoms with E-state index in [9.17, 15) is 4.79 Å². The van der Waals surface area contributed by atoms with Crippen molar-refractivity contribution in [3.8, 4) is 17.1 Å². The number of aromatic nitrogens is 2. The summed E-state index contributed by atoms with van der Waals surface area (Å²) in [5, 5.41) is 0. The quantitative estimate of drug-likeness (QED) is 0.834. The topological polar surface area (TPSA) is 55.3 Å². The molecule has 1 atom stereocenters. The fourth-order valence-corrected chi connectivity index (χ4v) is 3.30. The summed E-state index contributed by atoms with van der Waals surface area (Å²) in [6.45, 7) is 3.68. The zero-order valence-electron chi connectivity index (χ0n) is 14.9. The molecule has 1 aliphatic rings. The van der Waals surface area contributed by atoms with E-state index in [1.807, 2.05) is 48.4 Å². The van der Waals surface area contributed by atoms with Gasteiger partial charge >= 0.3 is 0 Å². The summed E-state index contributed by atoms with van der Waals surface area (Å²) in [6.07, 6.45) is 5.44. The summed E-state index contributed by atoms with van der Waals surface area (Å²) in [6, 6.07) is 9.74. The van der Waals surface area contributed by atoms with Gasteiger partial charge in [0.05, 0.1) is 7.11 Å². The Labute approximate surface area is 149 Å². The molecule has 2 heterocycles.